The number of methoxy groups -OCH3 is 1. The van der Waals surface area contributed by atoms with Crippen molar-refractivity contribution in [3.8, 4) is 11.5 Å². The molecule has 8 heteroatoms. The van der Waals surface area contributed by atoms with Crippen LogP contribution in [0.2, 0.25) is 0 Å². The minimum absolute atomic E-state index is 0.0409. The number of rotatable bonds is 9. The monoisotopic (exact) mass is 501 g/mol. The predicted octanol–water partition coefficient (Wildman–Crippen LogP) is 5.12. The molecule has 35 heavy (non-hydrogen) atoms. The number of para-hydroxylation sites is 2. The van der Waals surface area contributed by atoms with Gasteiger partial charge in [-0.25, -0.2) is 4.79 Å². The summed E-state index contributed by atoms with van der Waals surface area (Å²) in [4.78, 5) is 31.4. The van der Waals surface area contributed by atoms with E-state index in [0.717, 1.165) is 18.4 Å². The first-order valence-corrected chi connectivity index (χ1v) is 13.2. The smallest absolute Gasteiger partial charge is 0.318 e. The van der Waals surface area contributed by atoms with Gasteiger partial charge in [0, 0.05) is 23.5 Å². The molecule has 2 aromatic rings. The lowest BCUT2D eigenvalue weighted by Crippen LogP contribution is -2.53. The maximum atomic E-state index is 13.6. The van der Waals surface area contributed by atoms with Crippen LogP contribution in [0.15, 0.2) is 35.7 Å². The molecule has 0 aliphatic carbocycles. The summed E-state index contributed by atoms with van der Waals surface area (Å²) in [6.45, 7) is 11.6. The first-order chi connectivity index (χ1) is 16.6. The Kier molecular flexibility index (Phi) is 9.05. The molecule has 0 unspecified atom stereocenters. The van der Waals surface area contributed by atoms with E-state index in [-0.39, 0.29) is 30.1 Å². The minimum Gasteiger partial charge on any atom is -0.493 e. The van der Waals surface area contributed by atoms with Crippen LogP contribution in [-0.2, 0) is 11.2 Å². The standard InChI is InChI=1S/C27H39N3O4S/c1-19(2)11-14-29(26(32)28-27(3,4)5)17-25(31)30-15-12-24-20(13-16-35-24)21(30)18-34-23-10-8-7-9-22(23)33-6/h7-10,13,16,19,21H,11-12,14-15,17-18H2,1-6H3,(H,28,32)/t21-/m1/s1. The number of hydrogen-bond donors (Lipinski definition) is 1. The van der Waals surface area contributed by atoms with Crippen LogP contribution in [0.4, 0.5) is 4.79 Å². The molecule has 192 valence electrons. The summed E-state index contributed by atoms with van der Waals surface area (Å²) in [5, 5.41) is 5.08. The third-order valence-electron chi connectivity index (χ3n) is 5.95. The second kappa shape index (κ2) is 11.8. The van der Waals surface area contributed by atoms with Crippen LogP contribution in [-0.4, -0.2) is 60.6 Å². The summed E-state index contributed by atoms with van der Waals surface area (Å²) >= 11 is 1.72. The fourth-order valence-electron chi connectivity index (χ4n) is 4.10. The van der Waals surface area contributed by atoms with Gasteiger partial charge in [0.25, 0.3) is 0 Å². The first kappa shape index (κ1) is 26.9. The highest BCUT2D eigenvalue weighted by molar-refractivity contribution is 7.10. The summed E-state index contributed by atoms with van der Waals surface area (Å²) in [5.74, 6) is 1.67. The van der Waals surface area contributed by atoms with E-state index in [1.54, 1.807) is 23.3 Å². The number of nitrogens with one attached hydrogen (secondary N) is 1. The maximum Gasteiger partial charge on any atom is 0.318 e. The van der Waals surface area contributed by atoms with E-state index in [9.17, 15) is 9.59 Å². The lowest BCUT2D eigenvalue weighted by molar-refractivity contribution is -0.135. The molecule has 0 bridgehead atoms. The molecule has 0 radical (unpaired) electrons. The van der Waals surface area contributed by atoms with Crippen LogP contribution in [0.3, 0.4) is 0 Å². The van der Waals surface area contributed by atoms with Crippen LogP contribution >= 0.6 is 11.3 Å². The number of urea groups is 1. The van der Waals surface area contributed by atoms with Crippen LogP contribution in [0.25, 0.3) is 0 Å². The van der Waals surface area contributed by atoms with Crippen molar-refractivity contribution in [3.63, 3.8) is 0 Å². The molecule has 0 saturated carbocycles. The number of nitrogens with zero attached hydrogens (tertiary/aromatic N) is 2. The van der Waals surface area contributed by atoms with Crippen molar-refractivity contribution >= 4 is 23.3 Å². The van der Waals surface area contributed by atoms with Crippen molar-refractivity contribution in [2.45, 2.75) is 59.0 Å². The molecule has 3 amide bonds. The van der Waals surface area contributed by atoms with Gasteiger partial charge in [-0.3, -0.25) is 4.79 Å². The summed E-state index contributed by atoms with van der Waals surface area (Å²) in [5.41, 5.74) is 0.746. The Bertz CT molecular complexity index is 998. The fourth-order valence-corrected chi connectivity index (χ4v) is 5.03. The van der Waals surface area contributed by atoms with E-state index in [1.165, 1.54) is 4.88 Å². The van der Waals surface area contributed by atoms with Gasteiger partial charge in [-0.2, -0.15) is 0 Å². The summed E-state index contributed by atoms with van der Waals surface area (Å²) in [6, 6.07) is 9.17. The van der Waals surface area contributed by atoms with Crippen molar-refractivity contribution in [2.24, 2.45) is 5.92 Å². The van der Waals surface area contributed by atoms with E-state index in [0.29, 0.717) is 37.1 Å². The molecule has 1 N–H and O–H groups in total. The average Bonchev–Trinajstić information content (AvgIpc) is 3.28. The highest BCUT2D eigenvalue weighted by atomic mass is 32.1. The second-order valence-electron chi connectivity index (χ2n) is 10.4. The van der Waals surface area contributed by atoms with Gasteiger partial charge in [0.05, 0.1) is 13.2 Å². The molecule has 0 saturated heterocycles. The lowest BCUT2D eigenvalue weighted by atomic mass is 10.0. The second-order valence-corrected chi connectivity index (χ2v) is 11.4. The molecule has 0 fully saturated rings. The zero-order chi connectivity index (χ0) is 25.6. The van der Waals surface area contributed by atoms with Crippen LogP contribution < -0.4 is 14.8 Å². The molecular weight excluding hydrogens is 462 g/mol. The topological polar surface area (TPSA) is 71.1 Å². The van der Waals surface area contributed by atoms with E-state index < -0.39 is 0 Å². The van der Waals surface area contributed by atoms with Crippen molar-refractivity contribution in [1.29, 1.82) is 0 Å². The van der Waals surface area contributed by atoms with Gasteiger partial charge in [0.2, 0.25) is 5.91 Å². The number of ether oxygens (including phenoxy) is 2. The summed E-state index contributed by atoms with van der Waals surface area (Å²) in [7, 11) is 1.62. The molecule has 1 aliphatic heterocycles. The molecule has 1 atom stereocenters. The first-order valence-electron chi connectivity index (χ1n) is 12.3. The SMILES string of the molecule is COc1ccccc1OC[C@@H]1c2ccsc2CCN1C(=O)CN(CCC(C)C)C(=O)NC(C)(C)C. The lowest BCUT2D eigenvalue weighted by Gasteiger charge is -2.37. The Morgan fingerprint density at radius 2 is 1.91 bits per heavy atom. The van der Waals surface area contributed by atoms with Crippen molar-refractivity contribution in [2.75, 3.05) is 33.4 Å². The van der Waals surface area contributed by atoms with Crippen LogP contribution in [0.1, 0.15) is 57.5 Å². The minimum atomic E-state index is -0.377. The maximum absolute atomic E-state index is 13.6. The van der Waals surface area contributed by atoms with Gasteiger partial charge in [0.1, 0.15) is 13.2 Å². The molecule has 0 spiro atoms. The number of amides is 3. The Labute approximate surface area is 213 Å². The molecule has 1 aromatic carbocycles. The number of benzene rings is 1. The Hall–Kier alpha value is -2.74. The van der Waals surface area contributed by atoms with Gasteiger partial charge in [-0.05, 0) is 68.7 Å². The zero-order valence-electron chi connectivity index (χ0n) is 21.8. The quantitative estimate of drug-likeness (QED) is 0.518. The number of carbonyl (C=O) groups is 2. The highest BCUT2D eigenvalue weighted by Gasteiger charge is 2.34. The van der Waals surface area contributed by atoms with Gasteiger partial charge < -0.3 is 24.6 Å². The Balaban J connectivity index is 1.78. The van der Waals surface area contributed by atoms with Crippen LogP contribution in [0, 0.1) is 5.92 Å². The normalized spacial score (nSPS) is 15.5. The third-order valence-corrected chi connectivity index (χ3v) is 6.95. The molecule has 7 nitrogen and oxygen atoms in total. The van der Waals surface area contributed by atoms with Crippen molar-refractivity contribution in [3.05, 3.63) is 46.2 Å². The number of hydrogen-bond acceptors (Lipinski definition) is 5. The Morgan fingerprint density at radius 1 is 1.20 bits per heavy atom. The number of thiophene rings is 1. The fraction of sp³-hybridized carbons (Fsp3) is 0.556. The molecular formula is C27H39N3O4S. The van der Waals surface area contributed by atoms with Gasteiger partial charge in [0.15, 0.2) is 11.5 Å². The Morgan fingerprint density at radius 3 is 2.57 bits per heavy atom. The average molecular weight is 502 g/mol. The van der Waals surface area contributed by atoms with Gasteiger partial charge in [-0.1, -0.05) is 26.0 Å². The molecule has 2 heterocycles. The summed E-state index contributed by atoms with van der Waals surface area (Å²) < 4.78 is 11.6. The highest BCUT2D eigenvalue weighted by Crippen LogP contribution is 2.35. The molecule has 1 aliphatic rings. The zero-order valence-corrected chi connectivity index (χ0v) is 22.6. The van der Waals surface area contributed by atoms with E-state index in [4.69, 9.17) is 9.47 Å². The number of carbonyl (C=O) groups excluding carboxylic acids is 2. The predicted molar refractivity (Wildman–Crippen MR) is 140 cm³/mol. The molecule has 1 aromatic heterocycles. The van der Waals surface area contributed by atoms with E-state index in [2.05, 4.69) is 30.6 Å². The van der Waals surface area contributed by atoms with Gasteiger partial charge in [-0.15, -0.1) is 11.3 Å². The van der Waals surface area contributed by atoms with Gasteiger partial charge >= 0.3 is 6.03 Å². The number of fused-ring (bicyclic) bond motifs is 1. The third kappa shape index (κ3) is 7.37. The molecule has 3 rings (SSSR count). The van der Waals surface area contributed by atoms with E-state index in [1.807, 2.05) is 49.9 Å². The summed E-state index contributed by atoms with van der Waals surface area (Å²) in [6.07, 6.45) is 1.64. The van der Waals surface area contributed by atoms with E-state index >= 15 is 0 Å². The van der Waals surface area contributed by atoms with Crippen molar-refractivity contribution in [1.82, 2.24) is 15.1 Å². The van der Waals surface area contributed by atoms with Crippen LogP contribution in [0.5, 0.6) is 11.5 Å². The largest absolute Gasteiger partial charge is 0.493 e. The van der Waals surface area contributed by atoms with Crippen molar-refractivity contribution < 1.29 is 19.1 Å².